The topological polar surface area (TPSA) is 9.23 Å². The summed E-state index contributed by atoms with van der Waals surface area (Å²) in [6, 6.07) is 31.1. The SMILES string of the molecule is COc1ccc([Si](C2=C(C)C(C)=C(C)C2C)(c2ccccc2)c2ccccc2)cc1. The predicted octanol–water partition coefficient (Wildman–Crippen LogP) is 5.01. The summed E-state index contributed by atoms with van der Waals surface area (Å²) in [5.74, 6) is 1.33. The number of hydrogen-bond donors (Lipinski definition) is 0. The molecule has 1 aliphatic carbocycles. The van der Waals surface area contributed by atoms with Crippen molar-refractivity contribution in [3.8, 4) is 5.75 Å². The molecule has 1 nitrogen and oxygen atoms in total. The lowest BCUT2D eigenvalue weighted by atomic mass is 10.1. The van der Waals surface area contributed by atoms with Gasteiger partial charge in [-0.25, -0.2) is 0 Å². The van der Waals surface area contributed by atoms with Gasteiger partial charge in [-0.3, -0.25) is 0 Å². The quantitative estimate of drug-likeness (QED) is 0.424. The molecule has 0 saturated carbocycles. The van der Waals surface area contributed by atoms with E-state index in [9.17, 15) is 0 Å². The Morgan fingerprint density at radius 2 is 1.10 bits per heavy atom. The maximum atomic E-state index is 5.49. The van der Waals surface area contributed by atoms with Crippen molar-refractivity contribution in [2.75, 3.05) is 7.11 Å². The molecule has 1 atom stereocenters. The number of methoxy groups -OCH3 is 1. The zero-order valence-electron chi connectivity index (χ0n) is 18.6. The molecule has 152 valence electrons. The van der Waals surface area contributed by atoms with Crippen molar-refractivity contribution in [2.45, 2.75) is 27.7 Å². The van der Waals surface area contributed by atoms with Crippen molar-refractivity contribution >= 4 is 23.6 Å². The normalized spacial score (nSPS) is 16.9. The van der Waals surface area contributed by atoms with Crippen LogP contribution in [0.2, 0.25) is 0 Å². The van der Waals surface area contributed by atoms with Crippen molar-refractivity contribution in [3.63, 3.8) is 0 Å². The molecule has 0 spiro atoms. The Hall–Kier alpha value is -2.84. The van der Waals surface area contributed by atoms with E-state index in [0.717, 1.165) is 5.75 Å². The van der Waals surface area contributed by atoms with Crippen LogP contribution in [-0.2, 0) is 0 Å². The Labute approximate surface area is 181 Å². The van der Waals surface area contributed by atoms with Gasteiger partial charge in [-0.2, -0.15) is 0 Å². The van der Waals surface area contributed by atoms with E-state index in [0.29, 0.717) is 5.92 Å². The standard InChI is InChI=1S/C28H30OSi/c1-20-21(2)23(4)28(22(20)3)30(25-12-8-6-9-13-25,26-14-10-7-11-15-26)27-18-16-24(29-5)17-19-27/h6-19,22H,1-5H3. The highest BCUT2D eigenvalue weighted by molar-refractivity contribution is 7.16. The number of rotatable bonds is 5. The van der Waals surface area contributed by atoms with Gasteiger partial charge in [0.05, 0.1) is 7.11 Å². The molecule has 3 aromatic rings. The van der Waals surface area contributed by atoms with Crippen molar-refractivity contribution in [1.82, 2.24) is 0 Å². The third-order valence-corrected chi connectivity index (χ3v) is 12.2. The van der Waals surface area contributed by atoms with Crippen LogP contribution in [0.4, 0.5) is 0 Å². The molecular weight excluding hydrogens is 380 g/mol. The number of ether oxygens (including phenoxy) is 1. The summed E-state index contributed by atoms with van der Waals surface area (Å²) < 4.78 is 5.49. The summed E-state index contributed by atoms with van der Waals surface area (Å²) in [4.78, 5) is 0. The first-order chi connectivity index (χ1) is 14.5. The molecule has 0 radical (unpaired) electrons. The molecule has 1 aliphatic rings. The maximum absolute atomic E-state index is 5.49. The van der Waals surface area contributed by atoms with Gasteiger partial charge < -0.3 is 4.74 Å². The minimum atomic E-state index is -2.45. The Morgan fingerprint density at radius 3 is 1.50 bits per heavy atom. The van der Waals surface area contributed by atoms with Crippen LogP contribution in [0.1, 0.15) is 27.7 Å². The van der Waals surface area contributed by atoms with E-state index in [4.69, 9.17) is 4.74 Å². The molecule has 0 heterocycles. The van der Waals surface area contributed by atoms with E-state index in [1.54, 1.807) is 12.3 Å². The lowest BCUT2D eigenvalue weighted by Crippen LogP contribution is -2.69. The monoisotopic (exact) mass is 410 g/mol. The average Bonchev–Trinajstić information content (AvgIpc) is 3.00. The summed E-state index contributed by atoms with van der Waals surface area (Å²) in [6.07, 6.45) is 0. The molecule has 0 amide bonds. The van der Waals surface area contributed by atoms with E-state index in [-0.39, 0.29) is 0 Å². The highest BCUT2D eigenvalue weighted by atomic mass is 28.3. The first-order valence-corrected chi connectivity index (χ1v) is 12.7. The van der Waals surface area contributed by atoms with Crippen LogP contribution in [0.5, 0.6) is 5.75 Å². The molecule has 0 saturated heterocycles. The second-order valence-electron chi connectivity index (χ2n) is 8.28. The molecule has 0 aromatic heterocycles. The van der Waals surface area contributed by atoms with Gasteiger partial charge in [0.15, 0.2) is 8.07 Å². The summed E-state index contributed by atoms with van der Waals surface area (Å²) >= 11 is 0. The van der Waals surface area contributed by atoms with Gasteiger partial charge >= 0.3 is 0 Å². The Kier molecular flexibility index (Phi) is 5.53. The second-order valence-corrected chi connectivity index (χ2v) is 12.0. The predicted molar refractivity (Wildman–Crippen MR) is 131 cm³/mol. The average molecular weight is 411 g/mol. The summed E-state index contributed by atoms with van der Waals surface area (Å²) in [5.41, 5.74) is 4.42. The second kappa shape index (κ2) is 8.12. The molecule has 1 unspecified atom stereocenters. The Morgan fingerprint density at radius 1 is 0.633 bits per heavy atom. The molecule has 2 heteroatoms. The van der Waals surface area contributed by atoms with Crippen molar-refractivity contribution in [2.24, 2.45) is 5.92 Å². The lowest BCUT2D eigenvalue weighted by molar-refractivity contribution is 0.415. The molecule has 0 N–H and O–H groups in total. The molecule has 0 aliphatic heterocycles. The molecule has 4 rings (SSSR count). The van der Waals surface area contributed by atoms with Gasteiger partial charge in [0, 0.05) is 0 Å². The third-order valence-electron chi connectivity index (χ3n) is 6.98. The fourth-order valence-corrected chi connectivity index (χ4v) is 10.8. The van der Waals surface area contributed by atoms with E-state index >= 15 is 0 Å². The number of allylic oxidation sites excluding steroid dienone is 4. The van der Waals surface area contributed by atoms with Gasteiger partial charge in [-0.15, -0.1) is 0 Å². The number of benzene rings is 3. The van der Waals surface area contributed by atoms with Crippen LogP contribution in [-0.4, -0.2) is 15.2 Å². The zero-order valence-corrected chi connectivity index (χ0v) is 19.6. The van der Waals surface area contributed by atoms with Crippen LogP contribution < -0.4 is 20.3 Å². The van der Waals surface area contributed by atoms with Gasteiger partial charge in [0.1, 0.15) is 5.75 Å². The van der Waals surface area contributed by atoms with Gasteiger partial charge in [-0.05, 0) is 60.0 Å². The Balaban J connectivity index is 2.13. The van der Waals surface area contributed by atoms with E-state index in [1.165, 1.54) is 32.3 Å². The highest BCUT2D eigenvalue weighted by Crippen LogP contribution is 2.41. The largest absolute Gasteiger partial charge is 0.497 e. The maximum Gasteiger partial charge on any atom is 0.176 e. The van der Waals surface area contributed by atoms with Gasteiger partial charge in [0.25, 0.3) is 0 Å². The first kappa shape index (κ1) is 20.4. The summed E-state index contributed by atoms with van der Waals surface area (Å²) in [6.45, 7) is 9.31. The first-order valence-electron chi connectivity index (χ1n) is 10.7. The van der Waals surface area contributed by atoms with Gasteiger partial charge in [0.2, 0.25) is 0 Å². The van der Waals surface area contributed by atoms with Crippen molar-refractivity contribution < 1.29 is 4.74 Å². The van der Waals surface area contributed by atoms with Crippen molar-refractivity contribution in [1.29, 1.82) is 0 Å². The fraction of sp³-hybridized carbons (Fsp3) is 0.214. The van der Waals surface area contributed by atoms with Crippen LogP contribution >= 0.6 is 0 Å². The van der Waals surface area contributed by atoms with Crippen LogP contribution in [0.15, 0.2) is 107 Å². The van der Waals surface area contributed by atoms with Crippen molar-refractivity contribution in [3.05, 3.63) is 107 Å². The highest BCUT2D eigenvalue weighted by Gasteiger charge is 2.47. The summed E-state index contributed by atoms with van der Waals surface area (Å²) in [5, 5.41) is 5.89. The molecule has 30 heavy (non-hydrogen) atoms. The molecule has 3 aromatic carbocycles. The van der Waals surface area contributed by atoms with E-state index in [2.05, 4.69) is 113 Å². The molecule has 0 fully saturated rings. The lowest BCUT2D eigenvalue weighted by Gasteiger charge is -2.38. The minimum absolute atomic E-state index is 0.430. The zero-order chi connectivity index (χ0) is 21.3. The van der Waals surface area contributed by atoms with Crippen LogP contribution in [0.25, 0.3) is 0 Å². The van der Waals surface area contributed by atoms with Crippen LogP contribution in [0, 0.1) is 5.92 Å². The third kappa shape index (κ3) is 3.07. The van der Waals surface area contributed by atoms with E-state index < -0.39 is 8.07 Å². The molecular formula is C28H30OSi. The van der Waals surface area contributed by atoms with Crippen LogP contribution in [0.3, 0.4) is 0 Å². The fourth-order valence-electron chi connectivity index (χ4n) is 5.15. The minimum Gasteiger partial charge on any atom is -0.497 e. The molecule has 0 bridgehead atoms. The van der Waals surface area contributed by atoms with E-state index in [1.807, 2.05) is 0 Å². The number of hydrogen-bond acceptors (Lipinski definition) is 1. The smallest absolute Gasteiger partial charge is 0.176 e. The van der Waals surface area contributed by atoms with Gasteiger partial charge in [-0.1, -0.05) is 96.1 Å². The Bertz CT molecular complexity index is 1050. The summed E-state index contributed by atoms with van der Waals surface area (Å²) in [7, 11) is -0.721.